The molecule has 1 aromatic carbocycles. The van der Waals surface area contributed by atoms with Crippen molar-refractivity contribution in [2.75, 3.05) is 6.54 Å². The van der Waals surface area contributed by atoms with Crippen LogP contribution in [0, 0.1) is 5.82 Å². The van der Waals surface area contributed by atoms with Crippen LogP contribution in [0.3, 0.4) is 0 Å². The van der Waals surface area contributed by atoms with Gasteiger partial charge in [0.2, 0.25) is 10.0 Å². The summed E-state index contributed by atoms with van der Waals surface area (Å²) >= 11 is 0. The standard InChI is InChI=1S/C13H16FNO4S/c1-13(2)6-3-7-15(13)20(18,19)11-8-9(14)4-5-10(11)12(16)17/h4-5,8H,3,6-7H2,1-2H3,(H,16,17). The Bertz CT molecular complexity index is 654. The molecule has 0 unspecified atom stereocenters. The van der Waals surface area contributed by atoms with Gasteiger partial charge in [-0.1, -0.05) is 0 Å². The third kappa shape index (κ3) is 2.43. The Labute approximate surface area is 117 Å². The largest absolute Gasteiger partial charge is 0.478 e. The van der Waals surface area contributed by atoms with E-state index in [1.54, 1.807) is 13.8 Å². The summed E-state index contributed by atoms with van der Waals surface area (Å²) in [5.74, 6) is -2.16. The lowest BCUT2D eigenvalue weighted by Crippen LogP contribution is -2.43. The number of carboxylic acid groups (broad SMARTS) is 1. The summed E-state index contributed by atoms with van der Waals surface area (Å²) in [7, 11) is -4.03. The monoisotopic (exact) mass is 301 g/mol. The lowest BCUT2D eigenvalue weighted by molar-refractivity contribution is 0.0692. The van der Waals surface area contributed by atoms with Gasteiger partial charge in [0.05, 0.1) is 10.5 Å². The number of carbonyl (C=O) groups is 1. The fraction of sp³-hybridized carbons (Fsp3) is 0.462. The van der Waals surface area contributed by atoms with Gasteiger partial charge in [0, 0.05) is 12.1 Å². The summed E-state index contributed by atoms with van der Waals surface area (Å²) in [6.45, 7) is 3.86. The second kappa shape index (κ2) is 4.82. The highest BCUT2D eigenvalue weighted by atomic mass is 32.2. The van der Waals surface area contributed by atoms with E-state index in [-0.39, 0.29) is 0 Å². The SMILES string of the molecule is CC1(C)CCCN1S(=O)(=O)c1cc(F)ccc1C(=O)O. The van der Waals surface area contributed by atoms with Gasteiger partial charge in [-0.2, -0.15) is 4.31 Å². The van der Waals surface area contributed by atoms with Crippen molar-refractivity contribution in [2.24, 2.45) is 0 Å². The number of sulfonamides is 1. The zero-order valence-electron chi connectivity index (χ0n) is 11.3. The maximum Gasteiger partial charge on any atom is 0.337 e. The summed E-state index contributed by atoms with van der Waals surface area (Å²) < 4.78 is 39.8. The van der Waals surface area contributed by atoms with Gasteiger partial charge in [-0.15, -0.1) is 0 Å². The Morgan fingerprint density at radius 1 is 1.40 bits per heavy atom. The molecule has 110 valence electrons. The van der Waals surface area contributed by atoms with Crippen LogP contribution in [0.5, 0.6) is 0 Å². The van der Waals surface area contributed by atoms with E-state index < -0.39 is 37.8 Å². The molecule has 7 heteroatoms. The van der Waals surface area contributed by atoms with Gasteiger partial charge in [-0.05, 0) is 44.9 Å². The van der Waals surface area contributed by atoms with Gasteiger partial charge in [0.25, 0.3) is 0 Å². The van der Waals surface area contributed by atoms with E-state index in [2.05, 4.69) is 0 Å². The van der Waals surface area contributed by atoms with Crippen LogP contribution in [0.4, 0.5) is 4.39 Å². The Morgan fingerprint density at radius 2 is 2.05 bits per heavy atom. The molecule has 0 amide bonds. The molecule has 1 N–H and O–H groups in total. The van der Waals surface area contributed by atoms with E-state index in [1.807, 2.05) is 0 Å². The van der Waals surface area contributed by atoms with E-state index in [0.29, 0.717) is 19.4 Å². The number of aromatic carboxylic acids is 1. The van der Waals surface area contributed by atoms with Gasteiger partial charge >= 0.3 is 5.97 Å². The molecule has 0 spiro atoms. The van der Waals surface area contributed by atoms with Crippen LogP contribution < -0.4 is 0 Å². The lowest BCUT2D eigenvalue weighted by Gasteiger charge is -2.30. The zero-order valence-corrected chi connectivity index (χ0v) is 12.1. The molecular formula is C13H16FNO4S. The van der Waals surface area contributed by atoms with Crippen LogP contribution in [0.1, 0.15) is 37.0 Å². The van der Waals surface area contributed by atoms with Gasteiger partial charge < -0.3 is 5.11 Å². The third-order valence-electron chi connectivity index (χ3n) is 3.57. The first-order chi connectivity index (χ1) is 9.16. The number of carboxylic acids is 1. The molecule has 1 aliphatic heterocycles. The molecule has 0 radical (unpaired) electrons. The molecule has 20 heavy (non-hydrogen) atoms. The first-order valence-corrected chi connectivity index (χ1v) is 7.66. The quantitative estimate of drug-likeness (QED) is 0.927. The van der Waals surface area contributed by atoms with Crippen LogP contribution in [-0.2, 0) is 10.0 Å². The van der Waals surface area contributed by atoms with Crippen LogP contribution in [-0.4, -0.2) is 35.9 Å². The van der Waals surface area contributed by atoms with E-state index in [1.165, 1.54) is 4.31 Å². The van der Waals surface area contributed by atoms with E-state index >= 15 is 0 Å². The Balaban J connectivity index is 2.60. The van der Waals surface area contributed by atoms with E-state index in [0.717, 1.165) is 18.2 Å². The molecule has 2 rings (SSSR count). The fourth-order valence-corrected chi connectivity index (χ4v) is 4.58. The molecule has 5 nitrogen and oxygen atoms in total. The zero-order chi connectivity index (χ0) is 15.1. The van der Waals surface area contributed by atoms with Crippen molar-refractivity contribution in [3.8, 4) is 0 Å². The fourth-order valence-electron chi connectivity index (χ4n) is 2.53. The Morgan fingerprint density at radius 3 is 2.55 bits per heavy atom. The van der Waals surface area contributed by atoms with Gasteiger partial charge in [0.15, 0.2) is 0 Å². The smallest absolute Gasteiger partial charge is 0.337 e. The lowest BCUT2D eigenvalue weighted by atomic mass is 10.0. The highest BCUT2D eigenvalue weighted by molar-refractivity contribution is 7.89. The third-order valence-corrected chi connectivity index (χ3v) is 5.72. The van der Waals surface area contributed by atoms with Crippen LogP contribution >= 0.6 is 0 Å². The summed E-state index contributed by atoms with van der Waals surface area (Å²) in [5.41, 5.74) is -1.00. The van der Waals surface area contributed by atoms with E-state index in [9.17, 15) is 17.6 Å². The molecule has 0 bridgehead atoms. The summed E-state index contributed by atoms with van der Waals surface area (Å²) in [6.07, 6.45) is 1.38. The van der Waals surface area contributed by atoms with Crippen LogP contribution in [0.15, 0.2) is 23.1 Å². The summed E-state index contributed by atoms with van der Waals surface area (Å²) in [6, 6.07) is 2.69. The Hall–Kier alpha value is -1.47. The maximum atomic E-state index is 13.3. The van der Waals surface area contributed by atoms with Crippen LogP contribution in [0.25, 0.3) is 0 Å². The highest BCUT2D eigenvalue weighted by Gasteiger charge is 2.42. The minimum Gasteiger partial charge on any atom is -0.478 e. The van der Waals surface area contributed by atoms with Crippen molar-refractivity contribution in [1.82, 2.24) is 4.31 Å². The topological polar surface area (TPSA) is 74.7 Å². The first kappa shape index (κ1) is 14.9. The van der Waals surface area contributed by atoms with Crippen molar-refractivity contribution in [3.05, 3.63) is 29.6 Å². The first-order valence-electron chi connectivity index (χ1n) is 6.22. The van der Waals surface area contributed by atoms with Gasteiger partial charge in [0.1, 0.15) is 5.82 Å². The van der Waals surface area contributed by atoms with E-state index in [4.69, 9.17) is 5.11 Å². The highest BCUT2D eigenvalue weighted by Crippen LogP contribution is 2.35. The number of rotatable bonds is 3. The average Bonchev–Trinajstić information content (AvgIpc) is 2.69. The summed E-state index contributed by atoms with van der Waals surface area (Å²) in [4.78, 5) is 10.7. The molecule has 0 saturated carbocycles. The predicted molar refractivity (Wildman–Crippen MR) is 70.6 cm³/mol. The predicted octanol–water partition coefficient (Wildman–Crippen LogP) is 2.09. The molecule has 1 fully saturated rings. The van der Waals surface area contributed by atoms with Gasteiger partial charge in [-0.25, -0.2) is 17.6 Å². The number of hydrogen-bond acceptors (Lipinski definition) is 3. The number of hydrogen-bond donors (Lipinski definition) is 1. The molecule has 0 aromatic heterocycles. The summed E-state index contributed by atoms with van der Waals surface area (Å²) in [5, 5.41) is 9.09. The molecule has 0 atom stereocenters. The maximum absolute atomic E-state index is 13.3. The molecule has 1 aromatic rings. The number of nitrogens with zero attached hydrogens (tertiary/aromatic N) is 1. The van der Waals surface area contributed by atoms with Crippen molar-refractivity contribution in [3.63, 3.8) is 0 Å². The normalized spacial score (nSPS) is 19.1. The Kier molecular flexibility index (Phi) is 3.60. The van der Waals surface area contributed by atoms with Crippen molar-refractivity contribution >= 4 is 16.0 Å². The van der Waals surface area contributed by atoms with Crippen LogP contribution in [0.2, 0.25) is 0 Å². The minimum absolute atomic E-state index is 0.310. The minimum atomic E-state index is -4.03. The van der Waals surface area contributed by atoms with Crippen molar-refractivity contribution < 1.29 is 22.7 Å². The second-order valence-corrected chi connectivity index (χ2v) is 7.27. The molecule has 0 aliphatic carbocycles. The number of benzene rings is 1. The van der Waals surface area contributed by atoms with Crippen molar-refractivity contribution in [1.29, 1.82) is 0 Å². The molecule has 1 heterocycles. The van der Waals surface area contributed by atoms with Crippen molar-refractivity contribution in [2.45, 2.75) is 37.1 Å². The average molecular weight is 301 g/mol. The second-order valence-electron chi connectivity index (χ2n) is 5.44. The molecule has 1 saturated heterocycles. The number of halogens is 1. The van der Waals surface area contributed by atoms with Gasteiger partial charge in [-0.3, -0.25) is 0 Å². The molecular weight excluding hydrogens is 285 g/mol. The molecule has 1 aliphatic rings.